The minimum Gasteiger partial charge on any atom is -0.491 e. The Morgan fingerprint density at radius 3 is 1.02 bits per heavy atom. The van der Waals surface area contributed by atoms with Gasteiger partial charge >= 0.3 is 0 Å². The topological polar surface area (TPSA) is 171 Å². The smallest absolute Gasteiger partial charge is 0.203 e. The zero-order valence-corrected chi connectivity index (χ0v) is 85.3. The van der Waals surface area contributed by atoms with Crippen molar-refractivity contribution in [2.75, 3.05) is 159 Å². The Morgan fingerprint density at radius 1 is 0.292 bits per heavy atom. The van der Waals surface area contributed by atoms with Gasteiger partial charge in [-0.1, -0.05) is 253 Å². The van der Waals surface area contributed by atoms with Gasteiger partial charge in [0.15, 0.2) is 11.5 Å². The third-order valence-corrected chi connectivity index (χ3v) is 31.2. The van der Waals surface area contributed by atoms with E-state index in [1.807, 2.05) is 180 Å². The quantitative estimate of drug-likeness (QED) is 0.0260. The van der Waals surface area contributed by atoms with Crippen molar-refractivity contribution in [1.29, 1.82) is 0 Å². The number of hydrogen-bond acceptors (Lipinski definition) is 24. The molecule has 11 aromatic carbocycles. The van der Waals surface area contributed by atoms with Gasteiger partial charge < -0.3 is 89.8 Å². The van der Waals surface area contributed by atoms with Crippen molar-refractivity contribution in [3.8, 4) is 57.5 Å². The number of aromatic nitrogens is 1. The highest BCUT2D eigenvalue weighted by Crippen LogP contribution is 2.64. The highest BCUT2D eigenvalue weighted by Gasteiger charge is 2.40. The van der Waals surface area contributed by atoms with Crippen molar-refractivity contribution in [2.24, 2.45) is 0 Å². The minimum atomic E-state index is -0.590. The average molecular weight is 1970 g/mol. The SMILES string of the molecule is CCc1ccc(C(c2ccc(OCCOCCOc3cccc4c(OCCOCCSC5=C(SC)SC(=C6Sc7cn(Cc8ccc(OCc9cc(OCc%10ccc(OCCOCCOC)cc%10)c(OCc%10ccc(OCCOCCOC)cc%10)c(OCc%10ccc(OCCOCCOC)cc%10)c9)cc8)cc7S6)S5)cccc34)cc2)(c2ccc(C(C)(C)C)cc2)c2ccc(C(C)(C)C)cc2)cc1. The summed E-state index contributed by atoms with van der Waals surface area (Å²) in [7, 11) is 4.95. The summed E-state index contributed by atoms with van der Waals surface area (Å²) < 4.78 is 116. The van der Waals surface area contributed by atoms with Gasteiger partial charge in [-0.05, 0) is 175 Å². The Hall–Kier alpha value is -9.78. The predicted octanol–water partition coefficient (Wildman–Crippen LogP) is 25.3. The van der Waals surface area contributed by atoms with Crippen LogP contribution in [0.15, 0.2) is 282 Å². The van der Waals surface area contributed by atoms with Crippen LogP contribution in [-0.4, -0.2) is 163 Å². The van der Waals surface area contributed by atoms with E-state index in [-0.39, 0.29) is 37.3 Å². The van der Waals surface area contributed by atoms with Gasteiger partial charge in [-0.15, -0.1) is 23.5 Å². The molecule has 0 spiro atoms. The van der Waals surface area contributed by atoms with Crippen LogP contribution in [0.5, 0.6) is 57.5 Å². The largest absolute Gasteiger partial charge is 0.491 e. The molecule has 19 nitrogen and oxygen atoms in total. The van der Waals surface area contributed by atoms with E-state index in [0.29, 0.717) is 149 Å². The number of rotatable bonds is 57. The van der Waals surface area contributed by atoms with Gasteiger partial charge in [-0.2, -0.15) is 0 Å². The molecule has 0 radical (unpaired) electrons. The van der Waals surface area contributed by atoms with Gasteiger partial charge in [-0.25, -0.2) is 0 Å². The summed E-state index contributed by atoms with van der Waals surface area (Å²) in [5.41, 5.74) is 12.9. The molecule has 14 rings (SSSR count). The van der Waals surface area contributed by atoms with Gasteiger partial charge in [0.05, 0.1) is 108 Å². The van der Waals surface area contributed by atoms with E-state index >= 15 is 0 Å². The number of methoxy groups -OCH3 is 3. The van der Waals surface area contributed by atoms with Gasteiger partial charge in [0, 0.05) is 66.6 Å². The number of aryl methyl sites for hydroxylation is 1. The fourth-order valence-electron chi connectivity index (χ4n) is 15.4. The molecule has 3 heterocycles. The molecule has 0 fully saturated rings. The van der Waals surface area contributed by atoms with E-state index in [2.05, 4.69) is 193 Å². The van der Waals surface area contributed by atoms with Crippen LogP contribution in [0.1, 0.15) is 115 Å². The van der Waals surface area contributed by atoms with E-state index in [1.165, 1.54) is 65.7 Å². The Bertz CT molecular complexity index is 5600. The van der Waals surface area contributed by atoms with E-state index in [4.69, 9.17) is 85.3 Å². The molecule has 137 heavy (non-hydrogen) atoms. The van der Waals surface area contributed by atoms with Crippen molar-refractivity contribution in [2.45, 2.75) is 114 Å². The maximum atomic E-state index is 6.76. The average Bonchev–Trinajstić information content (AvgIpc) is 1.71. The lowest BCUT2D eigenvalue weighted by atomic mass is 9.64. The molecule has 12 aromatic rings. The lowest BCUT2D eigenvalue weighted by molar-refractivity contribution is 0.0544. The van der Waals surface area contributed by atoms with Crippen LogP contribution in [0.4, 0.5) is 0 Å². The molecule has 0 amide bonds. The van der Waals surface area contributed by atoms with Crippen LogP contribution in [0, 0.1) is 0 Å². The first-order chi connectivity index (χ1) is 66.9. The molecule has 0 atom stereocenters. The fraction of sp³-hybridized carbons (Fsp3) is 0.357. The van der Waals surface area contributed by atoms with Crippen LogP contribution in [0.25, 0.3) is 10.8 Å². The maximum absolute atomic E-state index is 6.76. The lowest BCUT2D eigenvalue weighted by Crippen LogP contribution is -2.31. The summed E-state index contributed by atoms with van der Waals surface area (Å²) in [6.45, 7) is 26.2. The number of hydrogen-bond donors (Lipinski definition) is 0. The Morgan fingerprint density at radius 2 is 0.620 bits per heavy atom. The van der Waals surface area contributed by atoms with Crippen LogP contribution < -0.4 is 47.4 Å². The fourth-order valence-corrected chi connectivity index (χ4v) is 23.6. The second kappa shape index (κ2) is 53.0. The van der Waals surface area contributed by atoms with Crippen LogP contribution >= 0.6 is 70.6 Å². The molecule has 2 aliphatic rings. The highest BCUT2D eigenvalue weighted by molar-refractivity contribution is 8.42. The molecule has 0 bridgehead atoms. The number of fused-ring (bicyclic) bond motifs is 2. The number of benzene rings is 11. The van der Waals surface area contributed by atoms with E-state index in [9.17, 15) is 0 Å². The second-order valence-corrected chi connectivity index (χ2v) is 41.7. The van der Waals surface area contributed by atoms with Gasteiger partial charge in [0.2, 0.25) is 5.75 Å². The van der Waals surface area contributed by atoms with E-state index in [0.717, 1.165) is 91.0 Å². The normalized spacial score (nSPS) is 12.8. The van der Waals surface area contributed by atoms with Crippen molar-refractivity contribution in [1.82, 2.24) is 4.57 Å². The summed E-state index contributed by atoms with van der Waals surface area (Å²) in [5, 5.41) is 1.96. The molecule has 25 heteroatoms. The van der Waals surface area contributed by atoms with Crippen LogP contribution in [0.2, 0.25) is 0 Å². The Labute approximate surface area is 834 Å². The van der Waals surface area contributed by atoms with Crippen molar-refractivity contribution >= 4 is 81.3 Å². The molecule has 0 saturated carbocycles. The van der Waals surface area contributed by atoms with E-state index < -0.39 is 5.41 Å². The second-order valence-electron chi connectivity index (χ2n) is 34.6. The van der Waals surface area contributed by atoms with Crippen molar-refractivity contribution in [3.63, 3.8) is 0 Å². The highest BCUT2D eigenvalue weighted by atomic mass is 32.3. The molecule has 0 unspecified atom stereocenters. The summed E-state index contributed by atoms with van der Waals surface area (Å²) >= 11 is 11.1. The molecular formula is C112H127NO18S6. The third kappa shape index (κ3) is 30.1. The first-order valence-electron chi connectivity index (χ1n) is 46.6. The van der Waals surface area contributed by atoms with Gasteiger partial charge in [0.1, 0.15) is 106 Å². The van der Waals surface area contributed by atoms with Crippen molar-refractivity contribution < 1.29 is 85.3 Å². The monoisotopic (exact) mass is 1970 g/mol. The molecule has 724 valence electrons. The number of thioether (sulfide) groups is 6. The van der Waals surface area contributed by atoms with Crippen LogP contribution in [-0.2, 0) is 93.5 Å². The van der Waals surface area contributed by atoms with Crippen molar-refractivity contribution in [3.05, 3.63) is 339 Å². The zero-order chi connectivity index (χ0) is 95.5. The molecular weight excluding hydrogens is 1840 g/mol. The first-order valence-corrected chi connectivity index (χ1v) is 52.1. The number of nitrogens with zero attached hydrogens (tertiary/aromatic N) is 1. The third-order valence-electron chi connectivity index (χ3n) is 22.8. The Kier molecular flexibility index (Phi) is 39.9. The maximum Gasteiger partial charge on any atom is 0.203 e. The first kappa shape index (κ1) is 103. The van der Waals surface area contributed by atoms with Gasteiger partial charge in [-0.3, -0.25) is 0 Å². The zero-order valence-electron chi connectivity index (χ0n) is 80.4. The molecule has 2 aliphatic heterocycles. The summed E-state index contributed by atoms with van der Waals surface area (Å²) in [4.78, 5) is 2.53. The minimum absolute atomic E-state index is 0.0211. The molecule has 0 N–H and O–H groups in total. The predicted molar refractivity (Wildman–Crippen MR) is 558 cm³/mol. The summed E-state index contributed by atoms with van der Waals surface area (Å²) in [6.07, 6.45) is 7.66. The summed E-state index contributed by atoms with van der Waals surface area (Å²) in [5.74, 6) is 7.48. The summed E-state index contributed by atoms with van der Waals surface area (Å²) in [6, 6.07) is 84.2. The molecule has 1 aromatic heterocycles. The molecule has 0 saturated heterocycles. The standard InChI is InChI=1S/C112H127NO18S6/c1-12-80-19-29-88(30-20-80)112(89-35-31-86(32-36-89)110(2,3)4,90-37-33-87(34-38-90)111(5,6)7)91-39-49-95(50-40-91)125-66-60-120-61-67-126-99-17-13-16-98-97(99)15-14-18-100(98)127-68-62-121-69-70-133-107-106(132-11)136-109(137-107)108-134-103-74-113(75-104(103)135-108)73-81-21-41-96(42-22-81)128-79-85-71-101(129-76-82-23-43-92(44-24-82)122-63-57-117-54-51-114-8)105(131-78-84-27-47-94(48-28-84)124-65-59-119-56-53-116-10)102(72-85)130-77-83-25-45-93(46-26-83)123-64-58-118-55-52-115-9/h13-50,71-72,74-75H,12,51-70,73,76-79H2,1-11H3. The molecule has 0 aliphatic carbocycles. The van der Waals surface area contributed by atoms with Crippen LogP contribution in [0.3, 0.4) is 0 Å². The van der Waals surface area contributed by atoms with E-state index in [1.54, 1.807) is 33.1 Å². The van der Waals surface area contributed by atoms with Gasteiger partial charge in [0.25, 0.3) is 0 Å². The number of ether oxygens (including phenoxy) is 18. The lowest BCUT2D eigenvalue weighted by Gasteiger charge is -2.38. The Balaban J connectivity index is 0.532.